The fourth-order valence-electron chi connectivity index (χ4n) is 2.05. The van der Waals surface area contributed by atoms with Gasteiger partial charge in [0.15, 0.2) is 0 Å². The molecule has 0 aliphatic carbocycles. The van der Waals surface area contributed by atoms with Crippen LogP contribution in [0.15, 0.2) is 0 Å². The third-order valence-corrected chi connectivity index (χ3v) is 3.20. The van der Waals surface area contributed by atoms with E-state index in [4.69, 9.17) is 4.74 Å². The van der Waals surface area contributed by atoms with Gasteiger partial charge in [0.05, 0.1) is 6.61 Å². The molecule has 1 atom stereocenters. The molecule has 0 bridgehead atoms. The Balaban J connectivity index is 3.13. The SMILES string of the molecule is CCCCCC(C)CCCCCCOC(C)=O. The molecule has 0 aromatic heterocycles. The van der Waals surface area contributed by atoms with Crippen LogP contribution in [0.2, 0.25) is 0 Å². The minimum atomic E-state index is -0.158. The Morgan fingerprint density at radius 2 is 1.59 bits per heavy atom. The van der Waals surface area contributed by atoms with Crippen molar-refractivity contribution in [3.05, 3.63) is 0 Å². The molecular formula is C15H30O2. The van der Waals surface area contributed by atoms with E-state index in [1.807, 2.05) is 0 Å². The molecule has 2 heteroatoms. The van der Waals surface area contributed by atoms with Crippen LogP contribution in [0.5, 0.6) is 0 Å². The first-order valence-electron chi connectivity index (χ1n) is 7.30. The number of carbonyl (C=O) groups excluding carboxylic acids is 1. The Bertz CT molecular complexity index is 178. The third-order valence-electron chi connectivity index (χ3n) is 3.20. The largest absolute Gasteiger partial charge is 0.466 e. The van der Waals surface area contributed by atoms with Gasteiger partial charge in [0.1, 0.15) is 0 Å². The quantitative estimate of drug-likeness (QED) is 0.387. The number of esters is 1. The third kappa shape index (κ3) is 13.4. The molecule has 2 nitrogen and oxygen atoms in total. The zero-order valence-corrected chi connectivity index (χ0v) is 12.0. The van der Waals surface area contributed by atoms with Crippen molar-refractivity contribution in [3.63, 3.8) is 0 Å². The fraction of sp³-hybridized carbons (Fsp3) is 0.933. The number of rotatable bonds is 11. The van der Waals surface area contributed by atoms with Crippen LogP contribution in [-0.2, 0) is 9.53 Å². The summed E-state index contributed by atoms with van der Waals surface area (Å²) in [5.41, 5.74) is 0. The maximum Gasteiger partial charge on any atom is 0.302 e. The molecular weight excluding hydrogens is 212 g/mol. The summed E-state index contributed by atoms with van der Waals surface area (Å²) in [4.78, 5) is 10.5. The molecule has 0 N–H and O–H groups in total. The van der Waals surface area contributed by atoms with Crippen molar-refractivity contribution in [2.24, 2.45) is 5.92 Å². The van der Waals surface area contributed by atoms with Crippen LogP contribution in [0.1, 0.15) is 78.6 Å². The minimum absolute atomic E-state index is 0.158. The number of unbranched alkanes of at least 4 members (excludes halogenated alkanes) is 5. The van der Waals surface area contributed by atoms with Crippen molar-refractivity contribution in [2.75, 3.05) is 6.61 Å². The van der Waals surface area contributed by atoms with Gasteiger partial charge in [-0.05, 0) is 12.3 Å². The molecule has 0 aromatic rings. The summed E-state index contributed by atoms with van der Waals surface area (Å²) in [7, 11) is 0. The lowest BCUT2D eigenvalue weighted by Gasteiger charge is -2.10. The Morgan fingerprint density at radius 1 is 1.00 bits per heavy atom. The summed E-state index contributed by atoms with van der Waals surface area (Å²) in [6, 6.07) is 0. The Kier molecular flexibility index (Phi) is 11.6. The van der Waals surface area contributed by atoms with Crippen molar-refractivity contribution in [1.82, 2.24) is 0 Å². The summed E-state index contributed by atoms with van der Waals surface area (Å²) in [6.07, 6.45) is 11.7. The number of carbonyl (C=O) groups is 1. The van der Waals surface area contributed by atoms with Crippen molar-refractivity contribution >= 4 is 5.97 Å². The topological polar surface area (TPSA) is 26.3 Å². The van der Waals surface area contributed by atoms with E-state index in [2.05, 4.69) is 13.8 Å². The van der Waals surface area contributed by atoms with E-state index in [0.717, 1.165) is 12.3 Å². The second-order valence-corrected chi connectivity index (χ2v) is 5.14. The summed E-state index contributed by atoms with van der Waals surface area (Å²) >= 11 is 0. The number of hydrogen-bond donors (Lipinski definition) is 0. The molecule has 0 saturated carbocycles. The van der Waals surface area contributed by atoms with E-state index in [0.29, 0.717) is 6.61 Å². The summed E-state index contributed by atoms with van der Waals surface area (Å²) < 4.78 is 4.90. The van der Waals surface area contributed by atoms with Crippen molar-refractivity contribution in [2.45, 2.75) is 78.6 Å². The Morgan fingerprint density at radius 3 is 2.18 bits per heavy atom. The summed E-state index contributed by atoms with van der Waals surface area (Å²) in [5.74, 6) is 0.726. The first-order chi connectivity index (χ1) is 8.16. The molecule has 17 heavy (non-hydrogen) atoms. The lowest BCUT2D eigenvalue weighted by Crippen LogP contribution is -2.00. The van der Waals surface area contributed by atoms with Crippen LogP contribution in [-0.4, -0.2) is 12.6 Å². The highest BCUT2D eigenvalue weighted by atomic mass is 16.5. The van der Waals surface area contributed by atoms with E-state index < -0.39 is 0 Å². The molecule has 0 saturated heterocycles. The molecule has 0 aliphatic heterocycles. The van der Waals surface area contributed by atoms with Crippen LogP contribution in [0.4, 0.5) is 0 Å². The molecule has 0 aliphatic rings. The lowest BCUT2D eigenvalue weighted by atomic mass is 9.97. The molecule has 0 aromatic carbocycles. The van der Waals surface area contributed by atoms with Crippen molar-refractivity contribution < 1.29 is 9.53 Å². The summed E-state index contributed by atoms with van der Waals surface area (Å²) in [6.45, 7) is 6.70. The standard InChI is InChI=1S/C15H30O2/c1-4-5-8-11-14(2)12-9-6-7-10-13-17-15(3)16/h14H,4-13H2,1-3H3. The monoisotopic (exact) mass is 242 g/mol. The van der Waals surface area contributed by atoms with Crippen LogP contribution >= 0.6 is 0 Å². The van der Waals surface area contributed by atoms with Gasteiger partial charge in [-0.3, -0.25) is 4.79 Å². The molecule has 0 amide bonds. The minimum Gasteiger partial charge on any atom is -0.466 e. The molecule has 0 spiro atoms. The zero-order valence-electron chi connectivity index (χ0n) is 12.0. The first kappa shape index (κ1) is 16.5. The molecule has 0 radical (unpaired) electrons. The normalized spacial score (nSPS) is 12.4. The zero-order chi connectivity index (χ0) is 12.9. The second kappa shape index (κ2) is 11.9. The van der Waals surface area contributed by atoms with E-state index in [1.165, 1.54) is 58.3 Å². The highest BCUT2D eigenvalue weighted by Crippen LogP contribution is 2.16. The Labute approximate surface area is 107 Å². The van der Waals surface area contributed by atoms with Gasteiger partial charge < -0.3 is 4.74 Å². The second-order valence-electron chi connectivity index (χ2n) is 5.14. The molecule has 1 unspecified atom stereocenters. The highest BCUT2D eigenvalue weighted by Gasteiger charge is 2.01. The van der Waals surface area contributed by atoms with Gasteiger partial charge in [0.25, 0.3) is 0 Å². The number of hydrogen-bond acceptors (Lipinski definition) is 2. The van der Waals surface area contributed by atoms with Crippen LogP contribution in [0, 0.1) is 5.92 Å². The molecule has 0 rings (SSSR count). The highest BCUT2D eigenvalue weighted by molar-refractivity contribution is 5.65. The fourth-order valence-corrected chi connectivity index (χ4v) is 2.05. The smallest absolute Gasteiger partial charge is 0.302 e. The van der Waals surface area contributed by atoms with Gasteiger partial charge in [-0.2, -0.15) is 0 Å². The molecule has 0 fully saturated rings. The van der Waals surface area contributed by atoms with Gasteiger partial charge in [-0.1, -0.05) is 65.2 Å². The maximum absolute atomic E-state index is 10.5. The predicted octanol–water partition coefficient (Wildman–Crippen LogP) is 4.72. The summed E-state index contributed by atoms with van der Waals surface area (Å²) in [5, 5.41) is 0. The van der Waals surface area contributed by atoms with Crippen LogP contribution < -0.4 is 0 Å². The average Bonchev–Trinajstić information content (AvgIpc) is 2.28. The van der Waals surface area contributed by atoms with Gasteiger partial charge >= 0.3 is 5.97 Å². The van der Waals surface area contributed by atoms with Gasteiger partial charge in [0, 0.05) is 6.92 Å². The number of ether oxygens (including phenoxy) is 1. The van der Waals surface area contributed by atoms with Crippen LogP contribution in [0.25, 0.3) is 0 Å². The molecule has 102 valence electrons. The Hall–Kier alpha value is -0.530. The molecule has 0 heterocycles. The van der Waals surface area contributed by atoms with Crippen molar-refractivity contribution in [1.29, 1.82) is 0 Å². The van der Waals surface area contributed by atoms with Gasteiger partial charge in [-0.25, -0.2) is 0 Å². The van der Waals surface area contributed by atoms with Gasteiger partial charge in [-0.15, -0.1) is 0 Å². The lowest BCUT2D eigenvalue weighted by molar-refractivity contribution is -0.141. The van der Waals surface area contributed by atoms with E-state index >= 15 is 0 Å². The van der Waals surface area contributed by atoms with Gasteiger partial charge in [0.2, 0.25) is 0 Å². The van der Waals surface area contributed by atoms with E-state index in [1.54, 1.807) is 0 Å². The van der Waals surface area contributed by atoms with Crippen LogP contribution in [0.3, 0.4) is 0 Å². The maximum atomic E-state index is 10.5. The van der Waals surface area contributed by atoms with E-state index in [-0.39, 0.29) is 5.97 Å². The van der Waals surface area contributed by atoms with Crippen molar-refractivity contribution in [3.8, 4) is 0 Å². The predicted molar refractivity (Wildman–Crippen MR) is 73.0 cm³/mol. The van der Waals surface area contributed by atoms with E-state index in [9.17, 15) is 4.79 Å². The average molecular weight is 242 g/mol. The first-order valence-corrected chi connectivity index (χ1v) is 7.30.